The summed E-state index contributed by atoms with van der Waals surface area (Å²) in [5.74, 6) is 1.60. The van der Waals surface area contributed by atoms with Gasteiger partial charge in [-0.25, -0.2) is 0 Å². The summed E-state index contributed by atoms with van der Waals surface area (Å²) in [7, 11) is 0. The molecule has 2 aromatic carbocycles. The molecule has 0 radical (unpaired) electrons. The van der Waals surface area contributed by atoms with E-state index in [0.29, 0.717) is 17.9 Å². The molecule has 1 fully saturated rings. The van der Waals surface area contributed by atoms with Crippen LogP contribution in [0.1, 0.15) is 138 Å². The Balaban J connectivity index is 1.39. The van der Waals surface area contributed by atoms with E-state index in [9.17, 15) is 9.59 Å². The fourth-order valence-corrected chi connectivity index (χ4v) is 5.80. The molecule has 1 saturated carbocycles. The molecule has 0 saturated heterocycles. The third-order valence-electron chi connectivity index (χ3n) is 8.12. The van der Waals surface area contributed by atoms with Gasteiger partial charge in [-0.1, -0.05) is 120 Å². The molecule has 0 unspecified atom stereocenters. The van der Waals surface area contributed by atoms with E-state index in [1.54, 1.807) is 0 Å². The van der Waals surface area contributed by atoms with E-state index in [2.05, 4.69) is 31.2 Å². The van der Waals surface area contributed by atoms with Crippen molar-refractivity contribution in [3.8, 4) is 11.1 Å². The minimum absolute atomic E-state index is 0.0171. The van der Waals surface area contributed by atoms with Gasteiger partial charge >= 0.3 is 0 Å². The molecular weight excluding hydrogens is 440 g/mol. The largest absolute Gasteiger partial charge is 0.299 e. The van der Waals surface area contributed by atoms with Gasteiger partial charge in [-0.2, -0.15) is 0 Å². The van der Waals surface area contributed by atoms with Crippen molar-refractivity contribution in [1.29, 1.82) is 0 Å². The van der Waals surface area contributed by atoms with Gasteiger partial charge < -0.3 is 0 Å². The fourth-order valence-electron chi connectivity index (χ4n) is 5.80. The van der Waals surface area contributed by atoms with E-state index in [1.807, 2.05) is 31.2 Å². The molecule has 0 aromatic heterocycles. The molecule has 3 rings (SSSR count). The highest BCUT2D eigenvalue weighted by atomic mass is 16.1. The molecule has 0 spiro atoms. The number of carbonyl (C=O) groups excluding carboxylic acids is 2. The van der Waals surface area contributed by atoms with Crippen LogP contribution in [0, 0.1) is 5.92 Å². The Morgan fingerprint density at radius 3 is 1.81 bits per heavy atom. The van der Waals surface area contributed by atoms with Crippen LogP contribution in [-0.2, 0) is 4.79 Å². The van der Waals surface area contributed by atoms with E-state index in [0.717, 1.165) is 17.9 Å². The SMILES string of the molecule is CCCCCCCCCCC1CCC(c2ccc(-c3ccc(C(=O)CC(=O)CCC)cc3)cc2)CC1. The van der Waals surface area contributed by atoms with Crippen molar-refractivity contribution in [3.05, 3.63) is 59.7 Å². The third-order valence-corrected chi connectivity index (χ3v) is 8.12. The summed E-state index contributed by atoms with van der Waals surface area (Å²) < 4.78 is 0. The van der Waals surface area contributed by atoms with Gasteiger partial charge in [0.15, 0.2) is 5.78 Å². The zero-order valence-electron chi connectivity index (χ0n) is 22.9. The number of ketones is 2. The van der Waals surface area contributed by atoms with Crippen molar-refractivity contribution in [1.82, 2.24) is 0 Å². The second-order valence-electron chi connectivity index (χ2n) is 11.1. The highest BCUT2D eigenvalue weighted by Crippen LogP contribution is 2.38. The quantitative estimate of drug-likeness (QED) is 0.134. The lowest BCUT2D eigenvalue weighted by Gasteiger charge is -2.29. The molecule has 0 amide bonds. The van der Waals surface area contributed by atoms with Crippen molar-refractivity contribution >= 4 is 11.6 Å². The molecule has 0 bridgehead atoms. The van der Waals surface area contributed by atoms with Crippen LogP contribution in [0.25, 0.3) is 11.1 Å². The average Bonchev–Trinajstić information content (AvgIpc) is 2.91. The van der Waals surface area contributed by atoms with Gasteiger partial charge in [0.1, 0.15) is 5.78 Å². The predicted molar refractivity (Wildman–Crippen MR) is 153 cm³/mol. The van der Waals surface area contributed by atoms with Crippen molar-refractivity contribution in [2.24, 2.45) is 5.92 Å². The van der Waals surface area contributed by atoms with E-state index in [4.69, 9.17) is 0 Å². The van der Waals surface area contributed by atoms with Crippen LogP contribution in [0.5, 0.6) is 0 Å². The second kappa shape index (κ2) is 15.8. The standard InChI is InChI=1S/C34H48O2/c1-3-5-6-7-8-9-10-11-13-27-14-16-28(17-15-27)29-18-20-30(21-19-29)31-22-24-32(25-23-31)34(36)26-33(35)12-4-2/h18-25,27-28H,3-17,26H2,1-2H3. The molecule has 0 heterocycles. The normalized spacial score (nSPS) is 17.7. The zero-order valence-corrected chi connectivity index (χ0v) is 22.9. The Labute approximate surface area is 220 Å². The number of unbranched alkanes of at least 4 members (excludes halogenated alkanes) is 7. The van der Waals surface area contributed by atoms with Crippen molar-refractivity contribution < 1.29 is 9.59 Å². The monoisotopic (exact) mass is 488 g/mol. The Morgan fingerprint density at radius 2 is 1.22 bits per heavy atom. The van der Waals surface area contributed by atoms with Crippen LogP contribution in [0.4, 0.5) is 0 Å². The van der Waals surface area contributed by atoms with Gasteiger partial charge in [0.2, 0.25) is 0 Å². The Morgan fingerprint density at radius 1 is 0.667 bits per heavy atom. The van der Waals surface area contributed by atoms with Gasteiger partial charge in [-0.05, 0) is 60.6 Å². The maximum Gasteiger partial charge on any atom is 0.170 e. The number of rotatable bonds is 16. The first kappa shape index (κ1) is 28.4. The van der Waals surface area contributed by atoms with Gasteiger partial charge in [-0.15, -0.1) is 0 Å². The first-order valence-corrected chi connectivity index (χ1v) is 14.9. The van der Waals surface area contributed by atoms with Crippen LogP contribution in [0.3, 0.4) is 0 Å². The summed E-state index contributed by atoms with van der Waals surface area (Å²) in [6.07, 6.45) is 19.5. The summed E-state index contributed by atoms with van der Waals surface area (Å²) >= 11 is 0. The third kappa shape index (κ3) is 9.34. The number of carbonyl (C=O) groups is 2. The van der Waals surface area contributed by atoms with Crippen molar-refractivity contribution in [3.63, 3.8) is 0 Å². The molecule has 0 N–H and O–H groups in total. The Bertz CT molecular complexity index is 901. The predicted octanol–water partition coefficient (Wildman–Crippen LogP) is 10.1. The minimum Gasteiger partial charge on any atom is -0.299 e. The maximum absolute atomic E-state index is 12.3. The smallest absolute Gasteiger partial charge is 0.170 e. The lowest BCUT2D eigenvalue weighted by atomic mass is 9.77. The Hall–Kier alpha value is -2.22. The molecule has 0 aliphatic heterocycles. The minimum atomic E-state index is -0.0756. The van der Waals surface area contributed by atoms with Gasteiger partial charge in [0.25, 0.3) is 0 Å². The fraction of sp³-hybridized carbons (Fsp3) is 0.588. The first-order valence-electron chi connectivity index (χ1n) is 14.9. The van der Waals surface area contributed by atoms with Crippen LogP contribution >= 0.6 is 0 Å². The van der Waals surface area contributed by atoms with Gasteiger partial charge in [-0.3, -0.25) is 9.59 Å². The summed E-state index contributed by atoms with van der Waals surface area (Å²) in [4.78, 5) is 24.1. The summed E-state index contributed by atoms with van der Waals surface area (Å²) in [5, 5.41) is 0. The zero-order chi connectivity index (χ0) is 25.6. The number of benzene rings is 2. The topological polar surface area (TPSA) is 34.1 Å². The van der Waals surface area contributed by atoms with E-state index in [1.165, 1.54) is 94.6 Å². The van der Waals surface area contributed by atoms with Crippen LogP contribution < -0.4 is 0 Å². The number of Topliss-reactive ketones (excluding diaryl/α,β-unsaturated/α-hetero) is 2. The lowest BCUT2D eigenvalue weighted by Crippen LogP contribution is -2.13. The molecule has 1 aliphatic rings. The summed E-state index contributed by atoms with van der Waals surface area (Å²) in [6.45, 7) is 4.25. The van der Waals surface area contributed by atoms with Crippen LogP contribution in [0.2, 0.25) is 0 Å². The summed E-state index contributed by atoms with van der Waals surface area (Å²) in [6, 6.07) is 16.8. The molecule has 196 valence electrons. The highest BCUT2D eigenvalue weighted by Gasteiger charge is 2.22. The summed E-state index contributed by atoms with van der Waals surface area (Å²) in [5.41, 5.74) is 4.41. The van der Waals surface area contributed by atoms with Gasteiger partial charge in [0.05, 0.1) is 6.42 Å². The lowest BCUT2D eigenvalue weighted by molar-refractivity contribution is -0.118. The Kier molecular flexibility index (Phi) is 12.4. The first-order chi connectivity index (χ1) is 17.6. The van der Waals surface area contributed by atoms with Gasteiger partial charge in [0, 0.05) is 12.0 Å². The molecular formula is C34H48O2. The second-order valence-corrected chi connectivity index (χ2v) is 11.1. The molecule has 2 heteroatoms. The van der Waals surface area contributed by atoms with E-state index >= 15 is 0 Å². The van der Waals surface area contributed by atoms with E-state index < -0.39 is 0 Å². The highest BCUT2D eigenvalue weighted by molar-refractivity contribution is 6.08. The van der Waals surface area contributed by atoms with Crippen molar-refractivity contribution in [2.75, 3.05) is 0 Å². The molecule has 2 aromatic rings. The molecule has 1 aliphatic carbocycles. The molecule has 0 atom stereocenters. The molecule has 2 nitrogen and oxygen atoms in total. The van der Waals surface area contributed by atoms with Crippen molar-refractivity contribution in [2.45, 2.75) is 122 Å². The maximum atomic E-state index is 12.3. The van der Waals surface area contributed by atoms with E-state index in [-0.39, 0.29) is 18.0 Å². The number of hydrogen-bond acceptors (Lipinski definition) is 2. The van der Waals surface area contributed by atoms with Crippen LogP contribution in [-0.4, -0.2) is 11.6 Å². The van der Waals surface area contributed by atoms with Crippen LogP contribution in [0.15, 0.2) is 48.5 Å². The average molecular weight is 489 g/mol. The number of hydrogen-bond donors (Lipinski definition) is 0. The molecule has 36 heavy (non-hydrogen) atoms.